The number of carbonyl (C=O) groups is 2. The number of aryl methyl sites for hydroxylation is 1. The van der Waals surface area contributed by atoms with Gasteiger partial charge in [0, 0.05) is 40.7 Å². The first kappa shape index (κ1) is 37.2. The highest BCUT2D eigenvalue weighted by molar-refractivity contribution is 7.92. The third kappa shape index (κ3) is 9.08. The minimum absolute atomic E-state index is 0.0680. The SMILES string of the molecule is COc1ccc(Cl)cc1N(CC(=O)N(Cc1ccccc1Cl)[C@@H](Cc1ccccc1)C(=O)NC(C)C)S(=O)(=O)c1ccc(C)c([N+](=O)[O-])c1. The fraction of sp³-hybridized carbons (Fsp3) is 0.257. The third-order valence-corrected chi connectivity index (χ3v) is 10.0. The molecule has 0 spiro atoms. The molecule has 2 amide bonds. The average molecular weight is 728 g/mol. The van der Waals surface area contributed by atoms with E-state index in [2.05, 4.69) is 5.32 Å². The summed E-state index contributed by atoms with van der Waals surface area (Å²) in [5, 5.41) is 15.1. The predicted molar refractivity (Wildman–Crippen MR) is 190 cm³/mol. The second kappa shape index (κ2) is 16.2. The smallest absolute Gasteiger partial charge is 0.273 e. The summed E-state index contributed by atoms with van der Waals surface area (Å²) >= 11 is 12.9. The van der Waals surface area contributed by atoms with Crippen molar-refractivity contribution >= 4 is 56.4 Å². The zero-order valence-corrected chi connectivity index (χ0v) is 29.6. The number of rotatable bonds is 14. The Hall–Kier alpha value is -4.65. The standard InChI is InChI=1S/C35H36Cl2N4O7S/c1-23(2)38-35(43)32(18-25-10-6-5-7-11-25)39(21-26-12-8-9-13-29(26)37)34(42)22-40(31-19-27(36)15-17-33(31)48-4)49(46,47)28-16-14-24(3)30(20-28)41(44)45/h5-17,19-20,23,32H,18,21-22H2,1-4H3,(H,38,43)/t32-/m0/s1. The Kier molecular flexibility index (Phi) is 12.3. The molecule has 14 heteroatoms. The molecule has 11 nitrogen and oxygen atoms in total. The highest BCUT2D eigenvalue weighted by Gasteiger charge is 2.36. The summed E-state index contributed by atoms with van der Waals surface area (Å²) in [6, 6.07) is 22.3. The van der Waals surface area contributed by atoms with E-state index in [0.29, 0.717) is 10.6 Å². The van der Waals surface area contributed by atoms with Crippen molar-refractivity contribution < 1.29 is 27.7 Å². The maximum Gasteiger partial charge on any atom is 0.273 e. The number of halogens is 2. The zero-order chi connectivity index (χ0) is 35.9. The maximum absolute atomic E-state index is 14.7. The van der Waals surface area contributed by atoms with Crippen LogP contribution in [0.3, 0.4) is 0 Å². The highest BCUT2D eigenvalue weighted by Crippen LogP contribution is 2.36. The first-order valence-electron chi connectivity index (χ1n) is 15.2. The van der Waals surface area contributed by atoms with E-state index in [1.807, 2.05) is 30.3 Å². The summed E-state index contributed by atoms with van der Waals surface area (Å²) in [6.45, 7) is 4.09. The number of sulfonamides is 1. The topological polar surface area (TPSA) is 139 Å². The molecule has 4 rings (SSSR count). The third-order valence-electron chi connectivity index (χ3n) is 7.65. The van der Waals surface area contributed by atoms with E-state index >= 15 is 0 Å². The fourth-order valence-electron chi connectivity index (χ4n) is 5.19. The van der Waals surface area contributed by atoms with Gasteiger partial charge in [0.05, 0.1) is 22.6 Å². The number of anilines is 1. The molecule has 0 radical (unpaired) electrons. The Bertz CT molecular complexity index is 1940. The monoisotopic (exact) mass is 726 g/mol. The number of nitro groups is 1. The number of ether oxygens (including phenoxy) is 1. The number of hydrogen-bond acceptors (Lipinski definition) is 7. The number of carbonyl (C=O) groups excluding carboxylic acids is 2. The average Bonchev–Trinajstić information content (AvgIpc) is 3.05. The quantitative estimate of drug-likeness (QED) is 0.114. The lowest BCUT2D eigenvalue weighted by atomic mass is 10.0. The van der Waals surface area contributed by atoms with Crippen LogP contribution in [0.5, 0.6) is 5.75 Å². The van der Waals surface area contributed by atoms with Crippen LogP contribution in [0, 0.1) is 17.0 Å². The summed E-state index contributed by atoms with van der Waals surface area (Å²) in [5.74, 6) is -1.14. The van der Waals surface area contributed by atoms with E-state index in [1.54, 1.807) is 38.1 Å². The molecule has 49 heavy (non-hydrogen) atoms. The summed E-state index contributed by atoms with van der Waals surface area (Å²) in [7, 11) is -3.37. The number of nitrogens with one attached hydrogen (secondary N) is 1. The Labute approximate surface area is 295 Å². The predicted octanol–water partition coefficient (Wildman–Crippen LogP) is 6.58. The van der Waals surface area contributed by atoms with Crippen molar-refractivity contribution in [1.82, 2.24) is 10.2 Å². The maximum atomic E-state index is 14.7. The lowest BCUT2D eigenvalue weighted by molar-refractivity contribution is -0.385. The molecule has 4 aromatic rings. The summed E-state index contributed by atoms with van der Waals surface area (Å²) in [4.78, 5) is 40.5. The number of nitrogens with zero attached hydrogens (tertiary/aromatic N) is 3. The Morgan fingerprint density at radius 2 is 1.63 bits per heavy atom. The van der Waals surface area contributed by atoms with Crippen molar-refractivity contribution in [3.63, 3.8) is 0 Å². The van der Waals surface area contributed by atoms with E-state index in [4.69, 9.17) is 27.9 Å². The molecule has 0 aliphatic carbocycles. The minimum atomic E-state index is -4.69. The van der Waals surface area contributed by atoms with Crippen molar-refractivity contribution in [3.8, 4) is 5.75 Å². The molecular formula is C35H36Cl2N4O7S. The van der Waals surface area contributed by atoms with Gasteiger partial charge in [-0.1, -0.05) is 77.8 Å². The van der Waals surface area contributed by atoms with E-state index in [-0.39, 0.29) is 41.0 Å². The van der Waals surface area contributed by atoms with Crippen LogP contribution < -0.4 is 14.4 Å². The van der Waals surface area contributed by atoms with Crippen molar-refractivity contribution in [3.05, 3.63) is 128 Å². The second-order valence-electron chi connectivity index (χ2n) is 11.5. The van der Waals surface area contributed by atoms with Crippen LogP contribution in [0.15, 0.2) is 95.9 Å². The van der Waals surface area contributed by atoms with Gasteiger partial charge in [-0.05, 0) is 62.2 Å². The van der Waals surface area contributed by atoms with Crippen LogP contribution in [-0.2, 0) is 32.6 Å². The molecule has 1 N–H and O–H groups in total. The van der Waals surface area contributed by atoms with Crippen LogP contribution in [0.25, 0.3) is 0 Å². The van der Waals surface area contributed by atoms with Crippen LogP contribution >= 0.6 is 23.2 Å². The minimum Gasteiger partial charge on any atom is -0.495 e. The molecule has 0 heterocycles. The molecule has 0 unspecified atom stereocenters. The normalized spacial score (nSPS) is 11.9. The largest absolute Gasteiger partial charge is 0.495 e. The summed E-state index contributed by atoms with van der Waals surface area (Å²) in [5.41, 5.74) is 1.03. The Balaban J connectivity index is 1.90. The van der Waals surface area contributed by atoms with Gasteiger partial charge in [-0.2, -0.15) is 0 Å². The molecule has 0 aliphatic heterocycles. The number of methoxy groups -OCH3 is 1. The first-order valence-corrected chi connectivity index (χ1v) is 17.4. The van der Waals surface area contributed by atoms with Crippen LogP contribution in [0.1, 0.15) is 30.5 Å². The van der Waals surface area contributed by atoms with Gasteiger partial charge < -0.3 is 15.0 Å². The van der Waals surface area contributed by atoms with Gasteiger partial charge in [0.15, 0.2) is 0 Å². The van der Waals surface area contributed by atoms with Gasteiger partial charge >= 0.3 is 0 Å². The van der Waals surface area contributed by atoms with Crippen LogP contribution in [0.2, 0.25) is 10.0 Å². The molecule has 0 aromatic heterocycles. The molecule has 258 valence electrons. The number of benzene rings is 4. The van der Waals surface area contributed by atoms with E-state index in [0.717, 1.165) is 15.9 Å². The van der Waals surface area contributed by atoms with Gasteiger partial charge in [0.1, 0.15) is 18.3 Å². The molecule has 0 aliphatic rings. The van der Waals surface area contributed by atoms with Crippen LogP contribution in [-0.4, -0.2) is 55.8 Å². The van der Waals surface area contributed by atoms with E-state index < -0.39 is 49.9 Å². The molecule has 4 aromatic carbocycles. The highest BCUT2D eigenvalue weighted by atomic mass is 35.5. The lowest BCUT2D eigenvalue weighted by Gasteiger charge is -2.34. The van der Waals surface area contributed by atoms with E-state index in [9.17, 15) is 28.1 Å². The molecule has 0 fully saturated rings. The van der Waals surface area contributed by atoms with Gasteiger partial charge in [0.25, 0.3) is 15.7 Å². The van der Waals surface area contributed by atoms with Gasteiger partial charge in [0.2, 0.25) is 11.8 Å². The number of hydrogen-bond donors (Lipinski definition) is 1. The van der Waals surface area contributed by atoms with Crippen molar-refractivity contribution in [2.24, 2.45) is 0 Å². The summed E-state index contributed by atoms with van der Waals surface area (Å²) in [6.07, 6.45) is 0.104. The van der Waals surface area contributed by atoms with Crippen LogP contribution in [0.4, 0.5) is 11.4 Å². The Morgan fingerprint density at radius 1 is 0.959 bits per heavy atom. The van der Waals surface area contributed by atoms with Crippen molar-refractivity contribution in [2.75, 3.05) is 18.0 Å². The molecule has 0 saturated heterocycles. The first-order chi connectivity index (χ1) is 23.2. The van der Waals surface area contributed by atoms with E-state index in [1.165, 1.54) is 49.3 Å². The second-order valence-corrected chi connectivity index (χ2v) is 14.2. The molecule has 0 bridgehead atoms. The molecular weight excluding hydrogens is 691 g/mol. The Morgan fingerprint density at radius 3 is 2.27 bits per heavy atom. The molecule has 0 saturated carbocycles. The van der Waals surface area contributed by atoms with Gasteiger partial charge in [-0.25, -0.2) is 8.42 Å². The number of nitro benzene ring substituents is 1. The summed E-state index contributed by atoms with van der Waals surface area (Å²) < 4.78 is 35.1. The van der Waals surface area contributed by atoms with Gasteiger partial charge in [-0.15, -0.1) is 0 Å². The molecule has 1 atom stereocenters. The zero-order valence-electron chi connectivity index (χ0n) is 27.3. The van der Waals surface area contributed by atoms with Gasteiger partial charge in [-0.3, -0.25) is 24.0 Å². The lowest BCUT2D eigenvalue weighted by Crippen LogP contribution is -2.54. The van der Waals surface area contributed by atoms with Crippen molar-refractivity contribution in [1.29, 1.82) is 0 Å². The van der Waals surface area contributed by atoms with Crippen molar-refractivity contribution in [2.45, 2.75) is 50.7 Å². The fourth-order valence-corrected chi connectivity index (χ4v) is 6.99. The number of amides is 2.